The van der Waals surface area contributed by atoms with Crippen LogP contribution in [0.15, 0.2) is 0 Å². The molecule has 13 heavy (non-hydrogen) atoms. The fourth-order valence-electron chi connectivity index (χ4n) is 0.653. The molecule has 78 valence electrons. The number of ether oxygens (including phenoxy) is 1. The van der Waals surface area contributed by atoms with Crippen LogP contribution in [0.3, 0.4) is 0 Å². The zero-order valence-corrected chi connectivity index (χ0v) is 8.18. The molecule has 0 aromatic rings. The second-order valence-corrected chi connectivity index (χ2v) is 3.20. The van der Waals surface area contributed by atoms with Gasteiger partial charge in [-0.2, -0.15) is 0 Å². The predicted molar refractivity (Wildman–Crippen MR) is 44.3 cm³/mol. The summed E-state index contributed by atoms with van der Waals surface area (Å²) < 4.78 is 19.5. The first-order valence-electron chi connectivity index (χ1n) is 3.76. The Hall–Kier alpha value is -0.100. The van der Waals surface area contributed by atoms with Gasteiger partial charge in [0.05, 0.1) is 19.3 Å². The van der Waals surface area contributed by atoms with E-state index < -0.39 is 20.5 Å². The van der Waals surface area contributed by atoms with Gasteiger partial charge in [-0.15, -0.1) is 9.42 Å². The van der Waals surface area contributed by atoms with Crippen LogP contribution in [0.25, 0.3) is 0 Å². The number of hydrogen-bond acceptors (Lipinski definition) is 5. The van der Waals surface area contributed by atoms with Gasteiger partial charge < -0.3 is 14.9 Å². The third kappa shape index (κ3) is 7.01. The van der Waals surface area contributed by atoms with Gasteiger partial charge in [0.1, 0.15) is 12.7 Å². The van der Waals surface area contributed by atoms with Gasteiger partial charge in [-0.05, 0) is 6.92 Å². The van der Waals surface area contributed by atoms with Crippen LogP contribution < -0.4 is 0 Å². The third-order valence-corrected chi connectivity index (χ3v) is 1.63. The molecule has 0 aliphatic rings. The fourth-order valence-corrected chi connectivity index (χ4v) is 0.947. The molecular formula is C6H14O6P+. The average Bonchev–Trinajstić information content (AvgIpc) is 2.11. The van der Waals surface area contributed by atoms with E-state index in [-0.39, 0.29) is 19.8 Å². The van der Waals surface area contributed by atoms with Gasteiger partial charge >= 0.3 is 8.25 Å². The fraction of sp³-hybridized carbons (Fsp3) is 1.00. The Morgan fingerprint density at radius 1 is 1.38 bits per heavy atom. The molecule has 0 amide bonds. The van der Waals surface area contributed by atoms with Gasteiger partial charge in [0, 0.05) is 4.57 Å². The van der Waals surface area contributed by atoms with Crippen molar-refractivity contribution in [3.8, 4) is 0 Å². The first-order valence-corrected chi connectivity index (χ1v) is 4.89. The summed E-state index contributed by atoms with van der Waals surface area (Å²) in [4.78, 5) is 8.29. The van der Waals surface area contributed by atoms with Crippen LogP contribution in [0.1, 0.15) is 6.92 Å². The molecule has 3 unspecified atom stereocenters. The lowest BCUT2D eigenvalue weighted by molar-refractivity contribution is -0.0681. The van der Waals surface area contributed by atoms with Crippen LogP contribution in [0.4, 0.5) is 0 Å². The SMILES string of the molecule is CC(CO)OC(CO)CO[P+](=O)O. The molecule has 0 rings (SSSR count). The molecule has 0 bridgehead atoms. The molecule has 0 aromatic carbocycles. The lowest BCUT2D eigenvalue weighted by Crippen LogP contribution is -2.29. The highest BCUT2D eigenvalue weighted by Gasteiger charge is 2.19. The summed E-state index contributed by atoms with van der Waals surface area (Å²) in [6, 6.07) is 0. The molecule has 0 aliphatic carbocycles. The lowest BCUT2D eigenvalue weighted by Gasteiger charge is -2.16. The number of rotatable bonds is 7. The van der Waals surface area contributed by atoms with E-state index in [2.05, 4.69) is 4.52 Å². The maximum atomic E-state index is 10.1. The number of aliphatic hydroxyl groups is 2. The van der Waals surface area contributed by atoms with Crippen molar-refractivity contribution in [2.24, 2.45) is 0 Å². The summed E-state index contributed by atoms with van der Waals surface area (Å²) in [5.41, 5.74) is 0. The van der Waals surface area contributed by atoms with Crippen LogP contribution in [0, 0.1) is 0 Å². The Bertz CT molecular complexity index is 152. The van der Waals surface area contributed by atoms with E-state index in [1.165, 1.54) is 0 Å². The monoisotopic (exact) mass is 213 g/mol. The van der Waals surface area contributed by atoms with E-state index in [0.29, 0.717) is 0 Å². The molecule has 0 saturated heterocycles. The highest BCUT2D eigenvalue weighted by Crippen LogP contribution is 2.15. The second kappa shape index (κ2) is 7.32. The smallest absolute Gasteiger partial charge is 0.394 e. The van der Waals surface area contributed by atoms with E-state index in [4.69, 9.17) is 19.8 Å². The van der Waals surface area contributed by atoms with Crippen molar-refractivity contribution >= 4 is 8.25 Å². The van der Waals surface area contributed by atoms with Gasteiger partial charge in [-0.1, -0.05) is 0 Å². The van der Waals surface area contributed by atoms with Crippen LogP contribution in [0.2, 0.25) is 0 Å². The van der Waals surface area contributed by atoms with Gasteiger partial charge in [-0.3, -0.25) is 0 Å². The van der Waals surface area contributed by atoms with Crippen LogP contribution in [-0.2, 0) is 13.8 Å². The van der Waals surface area contributed by atoms with Crippen molar-refractivity contribution in [3.05, 3.63) is 0 Å². The van der Waals surface area contributed by atoms with E-state index in [1.807, 2.05) is 0 Å². The summed E-state index contributed by atoms with van der Waals surface area (Å²) in [6.07, 6.45) is -1.12. The summed E-state index contributed by atoms with van der Waals surface area (Å²) >= 11 is 0. The topological polar surface area (TPSA) is 96.2 Å². The standard InChI is InChI=1S/C6H13O6P/c1-5(2-7)12-6(3-8)4-11-13(9)10/h5-8H,2-4H2,1H3/p+1. The van der Waals surface area contributed by atoms with Gasteiger partial charge in [0.25, 0.3) is 0 Å². The first-order chi connectivity index (χ1) is 6.10. The van der Waals surface area contributed by atoms with Crippen molar-refractivity contribution < 1.29 is 28.9 Å². The second-order valence-electron chi connectivity index (χ2n) is 2.47. The zero-order chi connectivity index (χ0) is 10.3. The van der Waals surface area contributed by atoms with E-state index >= 15 is 0 Å². The summed E-state index contributed by atoms with van der Waals surface area (Å²) in [5, 5.41) is 17.3. The Kier molecular flexibility index (Phi) is 7.26. The minimum Gasteiger partial charge on any atom is -0.394 e. The summed E-state index contributed by atoms with van der Waals surface area (Å²) in [5.74, 6) is 0. The molecule has 6 nitrogen and oxygen atoms in total. The van der Waals surface area contributed by atoms with Gasteiger partial charge in [-0.25, -0.2) is 0 Å². The lowest BCUT2D eigenvalue weighted by atomic mass is 10.3. The van der Waals surface area contributed by atoms with E-state index in [1.54, 1.807) is 6.92 Å². The third-order valence-electron chi connectivity index (χ3n) is 1.26. The predicted octanol–water partition coefficient (Wildman–Crippen LogP) is -0.589. The zero-order valence-electron chi connectivity index (χ0n) is 7.29. The molecule has 0 saturated carbocycles. The molecule has 3 atom stereocenters. The van der Waals surface area contributed by atoms with Crippen molar-refractivity contribution in [1.29, 1.82) is 0 Å². The molecular weight excluding hydrogens is 199 g/mol. The Morgan fingerprint density at radius 3 is 2.38 bits per heavy atom. The van der Waals surface area contributed by atoms with Gasteiger partial charge in [0.2, 0.25) is 0 Å². The molecule has 7 heteroatoms. The maximum Gasteiger partial charge on any atom is 0.694 e. The molecule has 0 aliphatic heterocycles. The maximum absolute atomic E-state index is 10.1. The molecule has 0 radical (unpaired) electrons. The highest BCUT2D eigenvalue weighted by molar-refractivity contribution is 7.32. The molecule has 3 N–H and O–H groups in total. The minimum absolute atomic E-state index is 0.174. The molecule has 0 fully saturated rings. The Labute approximate surface area is 77.1 Å². The molecule has 0 aromatic heterocycles. The van der Waals surface area contributed by atoms with Crippen molar-refractivity contribution in [1.82, 2.24) is 0 Å². The van der Waals surface area contributed by atoms with Crippen molar-refractivity contribution in [2.75, 3.05) is 19.8 Å². The first kappa shape index (κ1) is 12.9. The molecule has 0 heterocycles. The highest BCUT2D eigenvalue weighted by atomic mass is 31.1. The van der Waals surface area contributed by atoms with Crippen molar-refractivity contribution in [3.63, 3.8) is 0 Å². The number of aliphatic hydroxyl groups excluding tert-OH is 2. The van der Waals surface area contributed by atoms with Crippen molar-refractivity contribution in [2.45, 2.75) is 19.1 Å². The largest absolute Gasteiger partial charge is 0.694 e. The van der Waals surface area contributed by atoms with Crippen LogP contribution in [0.5, 0.6) is 0 Å². The van der Waals surface area contributed by atoms with E-state index in [0.717, 1.165) is 0 Å². The summed E-state index contributed by atoms with van der Waals surface area (Å²) in [7, 11) is -2.67. The Morgan fingerprint density at radius 2 is 2.00 bits per heavy atom. The Balaban J connectivity index is 3.68. The summed E-state index contributed by atoms with van der Waals surface area (Å²) in [6.45, 7) is 0.934. The van der Waals surface area contributed by atoms with Crippen LogP contribution >= 0.6 is 8.25 Å². The normalized spacial score (nSPS) is 16.8. The van der Waals surface area contributed by atoms with E-state index in [9.17, 15) is 4.57 Å². The number of hydrogen-bond donors (Lipinski definition) is 3. The molecule has 0 spiro atoms. The van der Waals surface area contributed by atoms with Crippen LogP contribution in [-0.4, -0.2) is 47.1 Å². The average molecular weight is 213 g/mol. The van der Waals surface area contributed by atoms with Gasteiger partial charge in [0.15, 0.2) is 0 Å². The minimum atomic E-state index is -2.67. The quantitative estimate of drug-likeness (QED) is 0.489.